The zero-order valence-electron chi connectivity index (χ0n) is 9.46. The summed E-state index contributed by atoms with van der Waals surface area (Å²) in [7, 11) is 1.35. The lowest BCUT2D eigenvalue weighted by Gasteiger charge is -2.33. The number of ether oxygens (including phenoxy) is 2. The summed E-state index contributed by atoms with van der Waals surface area (Å²) in [6, 6.07) is 0. The Morgan fingerprint density at radius 3 is 3.06 bits per heavy atom. The van der Waals surface area contributed by atoms with Crippen LogP contribution in [0.4, 0.5) is 0 Å². The molecule has 1 rings (SSSR count). The number of aliphatic hydroxyl groups excluding tert-OH is 2. The van der Waals surface area contributed by atoms with Crippen LogP contribution in [0.5, 0.6) is 0 Å². The standard InChI is InChI=1S/C10H19NO5/c1-15-10(14)4-9-6-11(2-3-16-9)5-8(13)7-12/h8-9,12-13H,2-7H2,1H3. The number of nitrogens with zero attached hydrogens (tertiary/aromatic N) is 1. The second kappa shape index (κ2) is 6.80. The van der Waals surface area contributed by atoms with Crippen LogP contribution in [-0.4, -0.2) is 73.2 Å². The fraction of sp³-hybridized carbons (Fsp3) is 0.900. The van der Waals surface area contributed by atoms with Gasteiger partial charge in [-0.05, 0) is 0 Å². The van der Waals surface area contributed by atoms with E-state index in [2.05, 4.69) is 4.74 Å². The van der Waals surface area contributed by atoms with E-state index < -0.39 is 6.10 Å². The third kappa shape index (κ3) is 4.44. The van der Waals surface area contributed by atoms with Gasteiger partial charge < -0.3 is 19.7 Å². The Kier molecular flexibility index (Phi) is 5.68. The molecule has 0 spiro atoms. The summed E-state index contributed by atoms with van der Waals surface area (Å²) in [5.74, 6) is -0.297. The van der Waals surface area contributed by atoms with Gasteiger partial charge in [0, 0.05) is 19.6 Å². The van der Waals surface area contributed by atoms with Crippen molar-refractivity contribution in [1.82, 2.24) is 4.90 Å². The van der Waals surface area contributed by atoms with E-state index in [1.165, 1.54) is 7.11 Å². The lowest BCUT2D eigenvalue weighted by molar-refractivity contribution is -0.146. The highest BCUT2D eigenvalue weighted by Crippen LogP contribution is 2.09. The number of β-amino-alcohol motifs (C(OH)–C–C–N with tert-alkyl or cyclic N) is 1. The molecule has 1 aliphatic heterocycles. The molecule has 6 heteroatoms. The molecule has 16 heavy (non-hydrogen) atoms. The highest BCUT2D eigenvalue weighted by molar-refractivity contribution is 5.69. The largest absolute Gasteiger partial charge is 0.469 e. The molecule has 2 unspecified atom stereocenters. The SMILES string of the molecule is COC(=O)CC1CN(CC(O)CO)CCO1. The fourth-order valence-corrected chi connectivity index (χ4v) is 1.69. The molecule has 0 bridgehead atoms. The third-order valence-electron chi connectivity index (χ3n) is 2.52. The van der Waals surface area contributed by atoms with Gasteiger partial charge in [0.1, 0.15) is 0 Å². The number of methoxy groups -OCH3 is 1. The van der Waals surface area contributed by atoms with E-state index in [-0.39, 0.29) is 25.1 Å². The molecule has 94 valence electrons. The maximum Gasteiger partial charge on any atom is 0.308 e. The van der Waals surface area contributed by atoms with Gasteiger partial charge in [0.15, 0.2) is 0 Å². The fourth-order valence-electron chi connectivity index (χ4n) is 1.69. The zero-order valence-corrected chi connectivity index (χ0v) is 9.46. The zero-order chi connectivity index (χ0) is 12.0. The molecule has 0 aromatic rings. The first-order valence-electron chi connectivity index (χ1n) is 5.35. The second-order valence-electron chi connectivity index (χ2n) is 3.87. The molecule has 1 saturated heterocycles. The van der Waals surface area contributed by atoms with Crippen LogP contribution in [-0.2, 0) is 14.3 Å². The number of aliphatic hydroxyl groups is 2. The molecule has 6 nitrogen and oxygen atoms in total. The molecule has 0 amide bonds. The van der Waals surface area contributed by atoms with Gasteiger partial charge in [0.25, 0.3) is 0 Å². The molecule has 0 aliphatic carbocycles. The van der Waals surface area contributed by atoms with Crippen LogP contribution in [0.25, 0.3) is 0 Å². The third-order valence-corrected chi connectivity index (χ3v) is 2.52. The van der Waals surface area contributed by atoms with Crippen molar-refractivity contribution in [3.05, 3.63) is 0 Å². The molecule has 0 saturated carbocycles. The molecule has 1 aliphatic rings. The molecule has 1 fully saturated rings. The number of carbonyl (C=O) groups excluding carboxylic acids is 1. The first-order chi connectivity index (χ1) is 7.65. The van der Waals surface area contributed by atoms with E-state index in [1.807, 2.05) is 4.90 Å². The lowest BCUT2D eigenvalue weighted by Crippen LogP contribution is -2.46. The van der Waals surface area contributed by atoms with Crippen molar-refractivity contribution >= 4 is 5.97 Å². The van der Waals surface area contributed by atoms with Crippen molar-refractivity contribution in [2.75, 3.05) is 40.0 Å². The Labute approximate surface area is 94.8 Å². The number of morpholine rings is 1. The second-order valence-corrected chi connectivity index (χ2v) is 3.87. The van der Waals surface area contributed by atoms with Crippen molar-refractivity contribution in [3.63, 3.8) is 0 Å². The van der Waals surface area contributed by atoms with Gasteiger partial charge in [-0.2, -0.15) is 0 Å². The summed E-state index contributed by atoms with van der Waals surface area (Å²) >= 11 is 0. The average Bonchev–Trinajstić information content (AvgIpc) is 2.29. The first-order valence-corrected chi connectivity index (χ1v) is 5.35. The Balaban J connectivity index is 2.32. The van der Waals surface area contributed by atoms with Crippen molar-refractivity contribution in [3.8, 4) is 0 Å². The Hall–Kier alpha value is -0.690. The summed E-state index contributed by atoms with van der Waals surface area (Å²) in [5.41, 5.74) is 0. The number of carbonyl (C=O) groups is 1. The molecule has 2 atom stereocenters. The minimum atomic E-state index is -0.739. The van der Waals surface area contributed by atoms with Gasteiger partial charge >= 0.3 is 5.97 Å². The predicted molar refractivity (Wildman–Crippen MR) is 55.9 cm³/mol. The molecular formula is C10H19NO5. The minimum absolute atomic E-state index is 0.188. The first kappa shape index (κ1) is 13.4. The smallest absolute Gasteiger partial charge is 0.308 e. The highest BCUT2D eigenvalue weighted by Gasteiger charge is 2.24. The van der Waals surface area contributed by atoms with Gasteiger partial charge in [-0.15, -0.1) is 0 Å². The van der Waals surface area contributed by atoms with Crippen LogP contribution >= 0.6 is 0 Å². The van der Waals surface area contributed by atoms with Gasteiger partial charge in [0.2, 0.25) is 0 Å². The Morgan fingerprint density at radius 2 is 2.44 bits per heavy atom. The maximum atomic E-state index is 11.1. The van der Waals surface area contributed by atoms with Gasteiger partial charge in [-0.1, -0.05) is 0 Å². The van der Waals surface area contributed by atoms with E-state index >= 15 is 0 Å². The summed E-state index contributed by atoms with van der Waals surface area (Å²) in [6.45, 7) is 1.96. The molecule has 2 N–H and O–H groups in total. The quantitative estimate of drug-likeness (QED) is 0.569. The highest BCUT2D eigenvalue weighted by atomic mass is 16.5. The average molecular weight is 233 g/mol. The van der Waals surface area contributed by atoms with E-state index in [0.29, 0.717) is 26.2 Å². The molecule has 0 aromatic heterocycles. The summed E-state index contributed by atoms with van der Waals surface area (Å²) < 4.78 is 9.97. The van der Waals surface area contributed by atoms with Crippen molar-refractivity contribution in [2.45, 2.75) is 18.6 Å². The van der Waals surface area contributed by atoms with E-state index in [9.17, 15) is 9.90 Å². The summed E-state index contributed by atoms with van der Waals surface area (Å²) in [4.78, 5) is 13.0. The maximum absolute atomic E-state index is 11.1. The van der Waals surface area contributed by atoms with Crippen LogP contribution < -0.4 is 0 Å². The van der Waals surface area contributed by atoms with Crippen LogP contribution in [0.2, 0.25) is 0 Å². The van der Waals surface area contributed by atoms with Gasteiger partial charge in [-0.3, -0.25) is 9.69 Å². The molecule has 1 heterocycles. The van der Waals surface area contributed by atoms with Crippen LogP contribution in [0.1, 0.15) is 6.42 Å². The van der Waals surface area contributed by atoms with Gasteiger partial charge in [-0.25, -0.2) is 0 Å². The van der Waals surface area contributed by atoms with Crippen molar-refractivity contribution in [1.29, 1.82) is 0 Å². The van der Waals surface area contributed by atoms with Crippen LogP contribution in [0.15, 0.2) is 0 Å². The van der Waals surface area contributed by atoms with Gasteiger partial charge in [0.05, 0.1) is 39.0 Å². The minimum Gasteiger partial charge on any atom is -0.469 e. The predicted octanol–water partition coefficient (Wildman–Crippen LogP) is -1.40. The normalized spacial score (nSPS) is 24.1. The van der Waals surface area contributed by atoms with E-state index in [1.54, 1.807) is 0 Å². The van der Waals surface area contributed by atoms with Crippen LogP contribution in [0, 0.1) is 0 Å². The van der Waals surface area contributed by atoms with E-state index in [4.69, 9.17) is 9.84 Å². The molecule has 0 radical (unpaired) electrons. The number of esters is 1. The van der Waals surface area contributed by atoms with Crippen molar-refractivity contribution < 1.29 is 24.5 Å². The molecule has 0 aromatic carbocycles. The van der Waals surface area contributed by atoms with Crippen molar-refractivity contribution in [2.24, 2.45) is 0 Å². The monoisotopic (exact) mass is 233 g/mol. The summed E-state index contributed by atoms with van der Waals surface area (Å²) in [5, 5.41) is 18.0. The number of hydrogen-bond donors (Lipinski definition) is 2. The summed E-state index contributed by atoms with van der Waals surface area (Å²) in [6.07, 6.45) is -0.702. The number of hydrogen-bond acceptors (Lipinski definition) is 6. The Bertz CT molecular complexity index is 223. The Morgan fingerprint density at radius 1 is 1.69 bits per heavy atom. The van der Waals surface area contributed by atoms with E-state index in [0.717, 1.165) is 0 Å². The lowest BCUT2D eigenvalue weighted by atomic mass is 10.2. The van der Waals surface area contributed by atoms with Crippen LogP contribution in [0.3, 0.4) is 0 Å². The number of rotatable bonds is 5. The topological polar surface area (TPSA) is 79.2 Å². The molecular weight excluding hydrogens is 214 g/mol.